The van der Waals surface area contributed by atoms with Crippen LogP contribution in [-0.4, -0.2) is 18.7 Å². The van der Waals surface area contributed by atoms with Gasteiger partial charge in [-0.15, -0.1) is 0 Å². The summed E-state index contributed by atoms with van der Waals surface area (Å²) >= 11 is 0. The van der Waals surface area contributed by atoms with Crippen LogP contribution in [-0.2, 0) is 14.3 Å². The number of hydrogen-bond donors (Lipinski definition) is 0. The van der Waals surface area contributed by atoms with Crippen molar-refractivity contribution in [2.24, 2.45) is 0 Å². The van der Waals surface area contributed by atoms with Crippen LogP contribution in [0.3, 0.4) is 0 Å². The minimum atomic E-state index is -0.177. The number of carbonyl (C=O) groups excluding carboxylic acids is 2. The molecule has 0 saturated carbocycles. The van der Waals surface area contributed by atoms with Crippen molar-refractivity contribution in [1.29, 1.82) is 0 Å². The molecule has 36 heavy (non-hydrogen) atoms. The van der Waals surface area contributed by atoms with Gasteiger partial charge >= 0.3 is 0 Å². The molecule has 0 amide bonds. The van der Waals surface area contributed by atoms with E-state index in [1.807, 2.05) is 0 Å². The van der Waals surface area contributed by atoms with Gasteiger partial charge in [0.25, 0.3) is 0 Å². The highest BCUT2D eigenvalue weighted by Gasteiger charge is 2.25. The minimum absolute atomic E-state index is 0.135. The van der Waals surface area contributed by atoms with E-state index in [1.54, 1.807) is 6.92 Å². The Bertz CT molecular complexity index is 986. The Kier molecular flexibility index (Phi) is 14.7. The molecule has 0 aromatic heterocycles. The van der Waals surface area contributed by atoms with Crippen LogP contribution in [0.5, 0.6) is 0 Å². The third kappa shape index (κ3) is 12.3. The van der Waals surface area contributed by atoms with Crippen molar-refractivity contribution in [3.63, 3.8) is 0 Å². The molecule has 0 saturated heterocycles. The van der Waals surface area contributed by atoms with Crippen LogP contribution >= 0.6 is 0 Å². The molecule has 0 aliphatic heterocycles. The van der Waals surface area contributed by atoms with Gasteiger partial charge < -0.3 is 4.74 Å². The quantitative estimate of drug-likeness (QED) is 0.169. The topological polar surface area (TPSA) is 43.4 Å². The number of rotatable bonds is 15. The number of methoxy groups -OCH3 is 1. The molecule has 3 nitrogen and oxygen atoms in total. The normalized spacial score (nSPS) is 15.9. The maximum absolute atomic E-state index is 12.5. The van der Waals surface area contributed by atoms with Gasteiger partial charge in [-0.05, 0) is 106 Å². The molecule has 0 atom stereocenters. The Morgan fingerprint density at radius 1 is 0.694 bits per heavy atom. The van der Waals surface area contributed by atoms with Gasteiger partial charge in [0.05, 0.1) is 7.11 Å². The monoisotopic (exact) mass is 492 g/mol. The van der Waals surface area contributed by atoms with Gasteiger partial charge in [-0.3, -0.25) is 9.59 Å². The SMILES string of the molecule is COC1=CC(=O)C(C)=C(C/C=C(\C)CC/C=C(\C)CC/C=C(\C)CC/C=C(\C)CCC=C(C)C)C1=O. The van der Waals surface area contributed by atoms with Crippen LogP contribution in [0.25, 0.3) is 0 Å². The van der Waals surface area contributed by atoms with Crippen molar-refractivity contribution >= 4 is 11.6 Å². The van der Waals surface area contributed by atoms with Crippen LogP contribution < -0.4 is 0 Å². The maximum atomic E-state index is 12.5. The first-order valence-corrected chi connectivity index (χ1v) is 13.4. The van der Waals surface area contributed by atoms with Crippen LogP contribution in [0.15, 0.2) is 81.2 Å². The summed E-state index contributed by atoms with van der Waals surface area (Å²) in [5, 5.41) is 0. The lowest BCUT2D eigenvalue weighted by Crippen LogP contribution is -2.19. The summed E-state index contributed by atoms with van der Waals surface area (Å²) in [4.78, 5) is 24.5. The molecule has 1 aliphatic rings. The number of hydrogen-bond acceptors (Lipinski definition) is 3. The summed E-state index contributed by atoms with van der Waals surface area (Å²) in [7, 11) is 1.43. The van der Waals surface area contributed by atoms with E-state index >= 15 is 0 Å². The summed E-state index contributed by atoms with van der Waals surface area (Å²) in [6.45, 7) is 14.8. The van der Waals surface area contributed by atoms with Crippen LogP contribution in [0.4, 0.5) is 0 Å². The first kappa shape index (κ1) is 31.4. The highest BCUT2D eigenvalue weighted by Crippen LogP contribution is 2.23. The third-order valence-corrected chi connectivity index (χ3v) is 6.64. The summed E-state index contributed by atoms with van der Waals surface area (Å²) < 4.78 is 5.07. The molecule has 198 valence electrons. The third-order valence-electron chi connectivity index (χ3n) is 6.64. The van der Waals surface area contributed by atoms with Gasteiger partial charge in [0.15, 0.2) is 11.5 Å². The molecular formula is C33H48O3. The zero-order chi connectivity index (χ0) is 27.1. The molecule has 0 spiro atoms. The van der Waals surface area contributed by atoms with E-state index in [4.69, 9.17) is 4.74 Å². The average molecular weight is 493 g/mol. The molecule has 3 heteroatoms. The molecule has 0 radical (unpaired) electrons. The largest absolute Gasteiger partial charge is 0.493 e. The van der Waals surface area contributed by atoms with Crippen molar-refractivity contribution < 1.29 is 14.3 Å². The van der Waals surface area contributed by atoms with Gasteiger partial charge in [-0.1, -0.05) is 58.2 Å². The van der Waals surface area contributed by atoms with Gasteiger partial charge in [-0.25, -0.2) is 0 Å². The Labute approximate surface area is 220 Å². The Morgan fingerprint density at radius 3 is 1.53 bits per heavy atom. The summed E-state index contributed by atoms with van der Waals surface area (Å²) in [6, 6.07) is 0. The highest BCUT2D eigenvalue weighted by atomic mass is 16.5. The lowest BCUT2D eigenvalue weighted by Gasteiger charge is -2.15. The second kappa shape index (κ2) is 16.9. The second-order valence-electron chi connectivity index (χ2n) is 10.4. The predicted molar refractivity (Wildman–Crippen MR) is 154 cm³/mol. The average Bonchev–Trinajstić information content (AvgIpc) is 2.81. The van der Waals surface area contributed by atoms with E-state index in [9.17, 15) is 9.59 Å². The fourth-order valence-corrected chi connectivity index (χ4v) is 4.07. The number of ketones is 2. The van der Waals surface area contributed by atoms with Gasteiger partial charge in [0.2, 0.25) is 5.78 Å². The van der Waals surface area contributed by atoms with Gasteiger partial charge in [0.1, 0.15) is 0 Å². The maximum Gasteiger partial charge on any atom is 0.224 e. The summed E-state index contributed by atoms with van der Waals surface area (Å²) in [5.74, 6) is -0.184. The second-order valence-corrected chi connectivity index (χ2v) is 10.4. The van der Waals surface area contributed by atoms with Crippen molar-refractivity contribution in [2.45, 2.75) is 106 Å². The Hall–Kier alpha value is -2.68. The molecular weight excluding hydrogens is 444 g/mol. The van der Waals surface area contributed by atoms with Gasteiger partial charge in [-0.2, -0.15) is 0 Å². The molecule has 0 fully saturated rings. The van der Waals surface area contributed by atoms with Crippen LogP contribution in [0.1, 0.15) is 106 Å². The first-order valence-electron chi connectivity index (χ1n) is 13.4. The van der Waals surface area contributed by atoms with Crippen molar-refractivity contribution in [3.8, 4) is 0 Å². The Balaban J connectivity index is 2.40. The van der Waals surface area contributed by atoms with Crippen LogP contribution in [0.2, 0.25) is 0 Å². The minimum Gasteiger partial charge on any atom is -0.493 e. The van der Waals surface area contributed by atoms with E-state index in [0.29, 0.717) is 17.6 Å². The van der Waals surface area contributed by atoms with Crippen molar-refractivity contribution in [1.82, 2.24) is 0 Å². The molecule has 1 aliphatic carbocycles. The molecule has 0 unspecified atom stereocenters. The van der Waals surface area contributed by atoms with E-state index in [0.717, 1.165) is 51.4 Å². The first-order chi connectivity index (χ1) is 17.0. The smallest absolute Gasteiger partial charge is 0.224 e. The standard InChI is InChI=1S/C33H48O3/c1-24(2)13-9-14-25(3)15-10-16-26(4)17-11-18-27(5)19-12-20-28(6)21-22-30-29(7)31(34)23-32(36-8)33(30)35/h13,15,17,19,21,23H,9-12,14,16,18,20,22H2,1-8H3/b25-15+,26-17+,27-19+,28-21+. The van der Waals surface area contributed by atoms with E-state index in [2.05, 4.69) is 71.9 Å². The molecule has 1 rings (SSSR count). The fourth-order valence-electron chi connectivity index (χ4n) is 4.07. The molecule has 0 bridgehead atoms. The predicted octanol–water partition coefficient (Wildman–Crippen LogP) is 9.25. The number of Topliss-reactive ketones (excluding diaryl/α,β-unsaturated/α-hetero) is 1. The van der Waals surface area contributed by atoms with Crippen molar-refractivity contribution in [2.75, 3.05) is 7.11 Å². The van der Waals surface area contributed by atoms with E-state index in [-0.39, 0.29) is 17.3 Å². The summed E-state index contributed by atoms with van der Waals surface area (Å²) in [6.07, 6.45) is 21.9. The lowest BCUT2D eigenvalue weighted by atomic mass is 9.91. The zero-order valence-corrected chi connectivity index (χ0v) is 24.1. The number of allylic oxidation sites excluding steroid dienone is 13. The molecule has 0 heterocycles. The fraction of sp³-hybridized carbons (Fsp3) is 0.515. The molecule has 0 N–H and O–H groups in total. The number of carbonyl (C=O) groups is 2. The van der Waals surface area contributed by atoms with Crippen LogP contribution in [0, 0.1) is 0 Å². The molecule has 0 aromatic carbocycles. The Morgan fingerprint density at radius 2 is 1.11 bits per heavy atom. The van der Waals surface area contributed by atoms with E-state index < -0.39 is 0 Å². The van der Waals surface area contributed by atoms with Gasteiger partial charge in [0, 0.05) is 17.2 Å². The zero-order valence-electron chi connectivity index (χ0n) is 24.1. The number of ether oxygens (including phenoxy) is 1. The van der Waals surface area contributed by atoms with Crippen molar-refractivity contribution in [3.05, 3.63) is 81.2 Å². The van der Waals surface area contributed by atoms with E-state index in [1.165, 1.54) is 41.1 Å². The lowest BCUT2D eigenvalue weighted by molar-refractivity contribution is -0.118. The summed E-state index contributed by atoms with van der Waals surface area (Å²) in [5.41, 5.74) is 8.08. The highest BCUT2D eigenvalue weighted by molar-refractivity contribution is 6.21. The molecule has 0 aromatic rings.